The summed E-state index contributed by atoms with van der Waals surface area (Å²) in [5, 5.41) is 2.84. The predicted molar refractivity (Wildman–Crippen MR) is 76.9 cm³/mol. The molecule has 0 atom stereocenters. The van der Waals surface area contributed by atoms with Gasteiger partial charge in [0.05, 0.1) is 0 Å². The normalized spacial score (nSPS) is 9.06. The molecule has 94 valence electrons. The number of anilines is 1. The average molecular weight is 241 g/mol. The fourth-order valence-corrected chi connectivity index (χ4v) is 1.43. The van der Waals surface area contributed by atoms with E-state index in [1.807, 2.05) is 75.4 Å². The van der Waals surface area contributed by atoms with Crippen LogP contribution in [0, 0.1) is 6.92 Å². The molecule has 0 saturated heterocycles. The number of hydrogen-bond donors (Lipinski definition) is 1. The number of amides is 1. The zero-order chi connectivity index (χ0) is 13.4. The molecule has 2 heteroatoms. The van der Waals surface area contributed by atoms with Crippen molar-refractivity contribution in [3.05, 3.63) is 65.7 Å². The van der Waals surface area contributed by atoms with Crippen molar-refractivity contribution in [3.63, 3.8) is 0 Å². The quantitative estimate of drug-likeness (QED) is 0.835. The van der Waals surface area contributed by atoms with Gasteiger partial charge in [0.25, 0.3) is 5.91 Å². The number of hydrogen-bond acceptors (Lipinski definition) is 1. The van der Waals surface area contributed by atoms with Gasteiger partial charge < -0.3 is 5.32 Å². The number of aryl methyl sites for hydroxylation is 1. The molecule has 2 aromatic carbocycles. The van der Waals surface area contributed by atoms with Crippen LogP contribution in [0.3, 0.4) is 0 Å². The minimum Gasteiger partial charge on any atom is -0.322 e. The van der Waals surface area contributed by atoms with Crippen molar-refractivity contribution in [3.8, 4) is 0 Å². The van der Waals surface area contributed by atoms with Gasteiger partial charge in [-0.25, -0.2) is 0 Å². The Morgan fingerprint density at radius 3 is 2.00 bits per heavy atom. The highest BCUT2D eigenvalue weighted by atomic mass is 16.1. The Morgan fingerprint density at radius 1 is 0.889 bits per heavy atom. The van der Waals surface area contributed by atoms with Gasteiger partial charge in [-0.2, -0.15) is 0 Å². The van der Waals surface area contributed by atoms with Crippen LogP contribution in [0.25, 0.3) is 0 Å². The van der Waals surface area contributed by atoms with Crippen LogP contribution in [0.4, 0.5) is 5.69 Å². The maximum Gasteiger partial charge on any atom is 0.255 e. The molecule has 0 saturated carbocycles. The molecule has 0 spiro atoms. The molecule has 0 bridgehead atoms. The monoisotopic (exact) mass is 241 g/mol. The molecule has 1 amide bonds. The summed E-state index contributed by atoms with van der Waals surface area (Å²) in [6.07, 6.45) is 0. The van der Waals surface area contributed by atoms with E-state index in [1.54, 1.807) is 0 Å². The predicted octanol–water partition coefficient (Wildman–Crippen LogP) is 4.27. The number of rotatable bonds is 2. The van der Waals surface area contributed by atoms with E-state index in [0.717, 1.165) is 11.3 Å². The van der Waals surface area contributed by atoms with E-state index in [9.17, 15) is 4.79 Å². The van der Waals surface area contributed by atoms with E-state index in [1.165, 1.54) is 0 Å². The molecule has 18 heavy (non-hydrogen) atoms. The van der Waals surface area contributed by atoms with E-state index in [0.29, 0.717) is 5.56 Å². The molecule has 0 fully saturated rings. The average Bonchev–Trinajstić information content (AvgIpc) is 2.43. The topological polar surface area (TPSA) is 29.1 Å². The number of carbonyl (C=O) groups is 1. The summed E-state index contributed by atoms with van der Waals surface area (Å²) < 4.78 is 0. The summed E-state index contributed by atoms with van der Waals surface area (Å²) in [7, 11) is 0. The van der Waals surface area contributed by atoms with Crippen LogP contribution < -0.4 is 5.32 Å². The Hall–Kier alpha value is -2.09. The first-order valence-corrected chi connectivity index (χ1v) is 6.19. The molecular formula is C16H19NO. The van der Waals surface area contributed by atoms with Crippen molar-refractivity contribution in [2.75, 3.05) is 5.32 Å². The molecule has 0 aliphatic rings. The summed E-state index contributed by atoms with van der Waals surface area (Å²) >= 11 is 0. The third-order valence-corrected chi connectivity index (χ3v) is 2.35. The van der Waals surface area contributed by atoms with Crippen molar-refractivity contribution in [1.29, 1.82) is 0 Å². The molecule has 0 heterocycles. The zero-order valence-corrected chi connectivity index (χ0v) is 11.1. The molecule has 2 rings (SSSR count). The number of carbonyl (C=O) groups excluding carboxylic acids is 1. The van der Waals surface area contributed by atoms with Crippen LogP contribution >= 0.6 is 0 Å². The summed E-state index contributed by atoms with van der Waals surface area (Å²) in [6, 6.07) is 17.0. The summed E-state index contributed by atoms with van der Waals surface area (Å²) in [6.45, 7) is 6.00. The van der Waals surface area contributed by atoms with Gasteiger partial charge >= 0.3 is 0 Å². The van der Waals surface area contributed by atoms with Crippen LogP contribution in [0.5, 0.6) is 0 Å². The molecule has 2 nitrogen and oxygen atoms in total. The second-order valence-corrected chi connectivity index (χ2v) is 3.69. The van der Waals surface area contributed by atoms with Gasteiger partial charge in [0.2, 0.25) is 0 Å². The number of benzene rings is 2. The highest BCUT2D eigenvalue weighted by Gasteiger charge is 2.04. The minimum atomic E-state index is -0.0776. The van der Waals surface area contributed by atoms with Crippen molar-refractivity contribution in [1.82, 2.24) is 0 Å². The smallest absolute Gasteiger partial charge is 0.255 e. The van der Waals surface area contributed by atoms with Crippen molar-refractivity contribution < 1.29 is 4.79 Å². The SMILES string of the molecule is CC.Cc1ccc(C(=O)Nc2ccccc2)cc1. The highest BCUT2D eigenvalue weighted by Crippen LogP contribution is 2.09. The van der Waals surface area contributed by atoms with Crippen molar-refractivity contribution in [2.24, 2.45) is 0 Å². The largest absolute Gasteiger partial charge is 0.322 e. The van der Waals surface area contributed by atoms with E-state index >= 15 is 0 Å². The first kappa shape index (κ1) is 14.0. The molecule has 2 aromatic rings. The lowest BCUT2D eigenvalue weighted by Crippen LogP contribution is -2.11. The lowest BCUT2D eigenvalue weighted by molar-refractivity contribution is 0.102. The molecule has 1 N–H and O–H groups in total. The van der Waals surface area contributed by atoms with Gasteiger partial charge in [-0.3, -0.25) is 4.79 Å². The van der Waals surface area contributed by atoms with Gasteiger partial charge in [0.15, 0.2) is 0 Å². The summed E-state index contributed by atoms with van der Waals surface area (Å²) in [4.78, 5) is 11.8. The minimum absolute atomic E-state index is 0.0776. The molecule has 0 unspecified atom stereocenters. The summed E-state index contributed by atoms with van der Waals surface area (Å²) in [5.41, 5.74) is 2.64. The molecule has 0 aliphatic heterocycles. The fourth-order valence-electron chi connectivity index (χ4n) is 1.43. The first-order chi connectivity index (χ1) is 8.75. The Balaban J connectivity index is 0.000000771. The van der Waals surface area contributed by atoms with Crippen LogP contribution in [-0.4, -0.2) is 5.91 Å². The third kappa shape index (κ3) is 4.06. The fraction of sp³-hybridized carbons (Fsp3) is 0.188. The molecule has 0 aliphatic carbocycles. The second-order valence-electron chi connectivity index (χ2n) is 3.69. The summed E-state index contributed by atoms with van der Waals surface area (Å²) in [5.74, 6) is -0.0776. The lowest BCUT2D eigenvalue weighted by Gasteiger charge is -2.04. The van der Waals surface area contributed by atoms with Gasteiger partial charge in [-0.05, 0) is 31.2 Å². The van der Waals surface area contributed by atoms with Crippen LogP contribution in [0.15, 0.2) is 54.6 Å². The maximum absolute atomic E-state index is 11.8. The van der Waals surface area contributed by atoms with Crippen molar-refractivity contribution >= 4 is 11.6 Å². The Bertz CT molecular complexity index is 474. The molecule has 0 aromatic heterocycles. The van der Waals surface area contributed by atoms with Gasteiger partial charge in [-0.15, -0.1) is 0 Å². The van der Waals surface area contributed by atoms with Crippen LogP contribution in [-0.2, 0) is 0 Å². The van der Waals surface area contributed by atoms with Gasteiger partial charge in [-0.1, -0.05) is 49.7 Å². The van der Waals surface area contributed by atoms with E-state index in [-0.39, 0.29) is 5.91 Å². The van der Waals surface area contributed by atoms with E-state index in [2.05, 4.69) is 5.32 Å². The molecular weight excluding hydrogens is 222 g/mol. The van der Waals surface area contributed by atoms with Crippen molar-refractivity contribution in [2.45, 2.75) is 20.8 Å². The Labute approximate surface area is 109 Å². The van der Waals surface area contributed by atoms with Crippen LogP contribution in [0.1, 0.15) is 29.8 Å². The highest BCUT2D eigenvalue weighted by molar-refractivity contribution is 6.04. The third-order valence-electron chi connectivity index (χ3n) is 2.35. The van der Waals surface area contributed by atoms with E-state index < -0.39 is 0 Å². The van der Waals surface area contributed by atoms with Gasteiger partial charge in [0.1, 0.15) is 0 Å². The second kappa shape index (κ2) is 7.28. The van der Waals surface area contributed by atoms with E-state index in [4.69, 9.17) is 0 Å². The number of nitrogens with one attached hydrogen (secondary N) is 1. The first-order valence-electron chi connectivity index (χ1n) is 6.19. The zero-order valence-electron chi connectivity index (χ0n) is 11.1. The standard InChI is InChI=1S/C14H13NO.C2H6/c1-11-7-9-12(10-8-11)14(16)15-13-5-3-2-4-6-13;1-2/h2-10H,1H3,(H,15,16);1-2H3. The van der Waals surface area contributed by atoms with Gasteiger partial charge in [0, 0.05) is 11.3 Å². The Morgan fingerprint density at radius 2 is 1.44 bits per heavy atom. The number of para-hydroxylation sites is 1. The molecule has 0 radical (unpaired) electrons. The maximum atomic E-state index is 11.8. The van der Waals surface area contributed by atoms with Crippen LogP contribution in [0.2, 0.25) is 0 Å². The Kier molecular flexibility index (Phi) is 5.65. The lowest BCUT2D eigenvalue weighted by atomic mass is 10.1.